The summed E-state index contributed by atoms with van der Waals surface area (Å²) in [5.74, 6) is 1.10. The summed E-state index contributed by atoms with van der Waals surface area (Å²) in [4.78, 5) is 4.49. The lowest BCUT2D eigenvalue weighted by Gasteiger charge is -2.21. The average molecular weight is 541 g/mol. The lowest BCUT2D eigenvalue weighted by atomic mass is 10.0. The van der Waals surface area contributed by atoms with Gasteiger partial charge in [-0.05, 0) is 50.3 Å². The van der Waals surface area contributed by atoms with E-state index in [4.69, 9.17) is 4.74 Å². The van der Waals surface area contributed by atoms with Crippen molar-refractivity contribution in [3.05, 3.63) is 29.3 Å². The largest absolute Gasteiger partial charge is 0.378 e. The molecule has 1 atom stereocenters. The van der Waals surface area contributed by atoms with Crippen molar-refractivity contribution in [1.82, 2.24) is 15.4 Å². The maximum atomic E-state index is 12.5. The van der Waals surface area contributed by atoms with Gasteiger partial charge in [0.1, 0.15) is 0 Å². The molecular formula is C20H37IN4O3S. The van der Waals surface area contributed by atoms with Crippen molar-refractivity contribution in [3.63, 3.8) is 0 Å². The molecule has 3 N–H and O–H groups in total. The molecule has 0 heterocycles. The van der Waals surface area contributed by atoms with Crippen molar-refractivity contribution in [2.45, 2.75) is 52.0 Å². The maximum absolute atomic E-state index is 12.5. The van der Waals surface area contributed by atoms with Gasteiger partial charge in [-0.1, -0.05) is 26.0 Å². The first kappa shape index (κ1) is 28.1. The minimum atomic E-state index is -3.53. The second-order valence-electron chi connectivity index (χ2n) is 7.12. The summed E-state index contributed by atoms with van der Waals surface area (Å²) < 4.78 is 33.4. The first-order chi connectivity index (χ1) is 13.2. The van der Waals surface area contributed by atoms with Gasteiger partial charge < -0.3 is 15.4 Å². The topological polar surface area (TPSA) is 91.8 Å². The van der Waals surface area contributed by atoms with Gasteiger partial charge in [-0.3, -0.25) is 4.99 Å². The fourth-order valence-corrected chi connectivity index (χ4v) is 4.18. The molecule has 0 aromatic heterocycles. The van der Waals surface area contributed by atoms with E-state index in [2.05, 4.69) is 34.2 Å². The molecule has 0 aliphatic carbocycles. The summed E-state index contributed by atoms with van der Waals surface area (Å²) in [6.07, 6.45) is 1.09. The predicted octanol–water partition coefficient (Wildman–Crippen LogP) is 2.82. The molecule has 0 amide bonds. The van der Waals surface area contributed by atoms with E-state index in [9.17, 15) is 8.42 Å². The molecule has 1 aromatic carbocycles. The van der Waals surface area contributed by atoms with Gasteiger partial charge >= 0.3 is 0 Å². The highest BCUT2D eigenvalue weighted by Crippen LogP contribution is 2.16. The van der Waals surface area contributed by atoms with Crippen molar-refractivity contribution >= 4 is 40.0 Å². The summed E-state index contributed by atoms with van der Waals surface area (Å²) in [5.41, 5.74) is 1.65. The number of halogens is 1. The standard InChI is InChI=1S/C20H36N4O3S.HI/c1-7-27-18(15(2)3)10-11-22-20(21-6)23-12-13-24-28(25,26)19-14-16(4)8-9-17(19)5;/h8-9,14-15,18,24H,7,10-13H2,1-6H3,(H2,21,22,23);1H. The third-order valence-electron chi connectivity index (χ3n) is 4.41. The number of benzene rings is 1. The van der Waals surface area contributed by atoms with E-state index in [1.807, 2.05) is 26.0 Å². The van der Waals surface area contributed by atoms with Crippen LogP contribution in [0.1, 0.15) is 38.3 Å². The summed E-state index contributed by atoms with van der Waals surface area (Å²) in [6, 6.07) is 5.41. The van der Waals surface area contributed by atoms with Crippen LogP contribution < -0.4 is 15.4 Å². The van der Waals surface area contributed by atoms with Crippen LogP contribution >= 0.6 is 24.0 Å². The monoisotopic (exact) mass is 540 g/mol. The molecule has 7 nitrogen and oxygen atoms in total. The Morgan fingerprint density at radius 3 is 2.38 bits per heavy atom. The Labute approximate surface area is 193 Å². The Balaban J connectivity index is 0.00000784. The lowest BCUT2D eigenvalue weighted by molar-refractivity contribution is 0.0258. The number of guanidine groups is 1. The van der Waals surface area contributed by atoms with E-state index in [-0.39, 0.29) is 36.6 Å². The van der Waals surface area contributed by atoms with Gasteiger partial charge in [-0.25, -0.2) is 13.1 Å². The second kappa shape index (κ2) is 14.2. The zero-order valence-electron chi connectivity index (χ0n) is 18.4. The minimum Gasteiger partial charge on any atom is -0.378 e. The predicted molar refractivity (Wildman–Crippen MR) is 131 cm³/mol. The molecule has 1 rings (SSSR count). The molecule has 29 heavy (non-hydrogen) atoms. The van der Waals surface area contributed by atoms with Gasteiger partial charge in [0.15, 0.2) is 5.96 Å². The Morgan fingerprint density at radius 1 is 1.14 bits per heavy atom. The number of aliphatic imine (C=N–C) groups is 1. The summed E-state index contributed by atoms with van der Waals surface area (Å²) in [6.45, 7) is 12.1. The van der Waals surface area contributed by atoms with Crippen molar-refractivity contribution in [2.24, 2.45) is 10.9 Å². The van der Waals surface area contributed by atoms with Crippen molar-refractivity contribution in [3.8, 4) is 0 Å². The Kier molecular flexibility index (Phi) is 13.7. The van der Waals surface area contributed by atoms with Gasteiger partial charge in [0.05, 0.1) is 11.0 Å². The molecule has 0 radical (unpaired) electrons. The number of nitrogens with one attached hydrogen (secondary N) is 3. The number of sulfonamides is 1. The number of rotatable bonds is 11. The summed E-state index contributed by atoms with van der Waals surface area (Å²) in [5, 5.41) is 6.37. The summed E-state index contributed by atoms with van der Waals surface area (Å²) >= 11 is 0. The van der Waals surface area contributed by atoms with E-state index >= 15 is 0 Å². The van der Waals surface area contributed by atoms with Gasteiger partial charge in [0.2, 0.25) is 10.0 Å². The summed E-state index contributed by atoms with van der Waals surface area (Å²) in [7, 11) is -1.84. The maximum Gasteiger partial charge on any atom is 0.240 e. The quantitative estimate of drug-likeness (QED) is 0.174. The first-order valence-corrected chi connectivity index (χ1v) is 11.3. The van der Waals surface area contributed by atoms with Gasteiger partial charge in [-0.15, -0.1) is 24.0 Å². The molecule has 0 spiro atoms. The Morgan fingerprint density at radius 2 is 1.79 bits per heavy atom. The molecule has 0 saturated heterocycles. The van der Waals surface area contributed by atoms with E-state index in [1.54, 1.807) is 20.0 Å². The van der Waals surface area contributed by atoms with Crippen LogP contribution in [0.5, 0.6) is 0 Å². The third kappa shape index (κ3) is 10.1. The number of hydrogen-bond acceptors (Lipinski definition) is 4. The molecule has 1 unspecified atom stereocenters. The van der Waals surface area contributed by atoms with E-state index in [1.165, 1.54) is 0 Å². The Bertz CT molecular complexity index is 739. The first-order valence-electron chi connectivity index (χ1n) is 9.84. The molecular weight excluding hydrogens is 503 g/mol. The number of hydrogen-bond donors (Lipinski definition) is 3. The molecule has 0 saturated carbocycles. The van der Waals surface area contributed by atoms with Crippen molar-refractivity contribution in [1.29, 1.82) is 0 Å². The molecule has 9 heteroatoms. The SMILES string of the molecule is CCOC(CCNC(=NC)NCCNS(=O)(=O)c1cc(C)ccc1C)C(C)C.I. The van der Waals surface area contributed by atoms with E-state index in [0.29, 0.717) is 29.9 Å². The van der Waals surface area contributed by atoms with Crippen LogP contribution in [0, 0.1) is 19.8 Å². The number of ether oxygens (including phenoxy) is 1. The fraction of sp³-hybridized carbons (Fsp3) is 0.650. The lowest BCUT2D eigenvalue weighted by Crippen LogP contribution is -2.42. The number of aryl methyl sites for hydroxylation is 2. The van der Waals surface area contributed by atoms with Crippen LogP contribution in [0.4, 0.5) is 0 Å². The highest BCUT2D eigenvalue weighted by molar-refractivity contribution is 14.0. The van der Waals surface area contributed by atoms with Gasteiger partial charge in [-0.2, -0.15) is 0 Å². The van der Waals surface area contributed by atoms with Crippen LogP contribution in [0.2, 0.25) is 0 Å². The van der Waals surface area contributed by atoms with Crippen molar-refractivity contribution in [2.75, 3.05) is 33.3 Å². The molecule has 0 aliphatic heterocycles. The zero-order valence-corrected chi connectivity index (χ0v) is 21.6. The smallest absolute Gasteiger partial charge is 0.240 e. The van der Waals surface area contributed by atoms with Crippen LogP contribution in [-0.4, -0.2) is 53.8 Å². The zero-order chi connectivity index (χ0) is 21.2. The van der Waals surface area contributed by atoms with Crippen LogP contribution in [0.25, 0.3) is 0 Å². The molecule has 1 aromatic rings. The molecule has 0 aliphatic rings. The van der Waals surface area contributed by atoms with Crippen molar-refractivity contribution < 1.29 is 13.2 Å². The fourth-order valence-electron chi connectivity index (χ4n) is 2.82. The number of nitrogens with zero attached hydrogens (tertiary/aromatic N) is 1. The van der Waals surface area contributed by atoms with Crippen LogP contribution in [-0.2, 0) is 14.8 Å². The average Bonchev–Trinajstić information content (AvgIpc) is 2.64. The normalized spacial score (nSPS) is 13.1. The second-order valence-corrected chi connectivity index (χ2v) is 8.85. The van der Waals surface area contributed by atoms with E-state index in [0.717, 1.165) is 24.1 Å². The van der Waals surface area contributed by atoms with Gasteiger partial charge in [0, 0.05) is 33.3 Å². The Hall–Kier alpha value is -0.910. The highest BCUT2D eigenvalue weighted by Gasteiger charge is 2.16. The molecule has 168 valence electrons. The molecule has 0 fully saturated rings. The van der Waals surface area contributed by atoms with Crippen LogP contribution in [0.15, 0.2) is 28.1 Å². The molecule has 0 bridgehead atoms. The van der Waals surface area contributed by atoms with E-state index < -0.39 is 10.0 Å². The van der Waals surface area contributed by atoms with Crippen LogP contribution in [0.3, 0.4) is 0 Å². The minimum absolute atomic E-state index is 0. The highest BCUT2D eigenvalue weighted by atomic mass is 127. The van der Waals surface area contributed by atoms with Gasteiger partial charge in [0.25, 0.3) is 0 Å². The third-order valence-corrected chi connectivity index (χ3v) is 6.01.